The van der Waals surface area contributed by atoms with E-state index in [9.17, 15) is 14.0 Å². The van der Waals surface area contributed by atoms with Gasteiger partial charge in [0.05, 0.1) is 0 Å². The Morgan fingerprint density at radius 1 is 1.19 bits per heavy atom. The van der Waals surface area contributed by atoms with Crippen molar-refractivity contribution in [2.24, 2.45) is 0 Å². The number of aromatic nitrogens is 4. The third-order valence-electron chi connectivity index (χ3n) is 6.08. The number of rotatable bonds is 8. The molecule has 1 fully saturated rings. The minimum Gasteiger partial charge on any atom is -0.458 e. The Kier molecular flexibility index (Phi) is 6.90. The highest BCUT2D eigenvalue weighted by Gasteiger charge is 2.35. The lowest BCUT2D eigenvalue weighted by Gasteiger charge is -2.31. The van der Waals surface area contributed by atoms with Crippen molar-refractivity contribution in [3.63, 3.8) is 0 Å². The SMILES string of the molecule is Cc1ccc(-c2nnn(CC(=O)N(c3ccc(F)cc3)[C@H](C(=O)NC3CCCC3)c3cccs3)n2)o1. The molecular weight excluding hydrogens is 483 g/mol. The number of amides is 2. The molecule has 0 radical (unpaired) electrons. The van der Waals surface area contributed by atoms with Gasteiger partial charge in [0.25, 0.3) is 5.91 Å². The molecule has 3 aromatic heterocycles. The fourth-order valence-electron chi connectivity index (χ4n) is 4.37. The van der Waals surface area contributed by atoms with Gasteiger partial charge in [-0.2, -0.15) is 4.80 Å². The van der Waals surface area contributed by atoms with Crippen LogP contribution in [0.5, 0.6) is 0 Å². The Morgan fingerprint density at radius 2 is 1.97 bits per heavy atom. The second-order valence-corrected chi connectivity index (χ2v) is 9.68. The quantitative estimate of drug-likeness (QED) is 0.381. The van der Waals surface area contributed by atoms with Gasteiger partial charge in [-0.15, -0.1) is 21.5 Å². The zero-order chi connectivity index (χ0) is 25.1. The number of tetrazole rings is 1. The van der Waals surface area contributed by atoms with E-state index >= 15 is 0 Å². The van der Waals surface area contributed by atoms with Crippen LogP contribution in [0.1, 0.15) is 42.4 Å². The van der Waals surface area contributed by atoms with Crippen molar-refractivity contribution in [3.05, 3.63) is 70.4 Å². The van der Waals surface area contributed by atoms with Gasteiger partial charge >= 0.3 is 0 Å². The van der Waals surface area contributed by atoms with Crippen LogP contribution in [0.15, 0.2) is 58.3 Å². The van der Waals surface area contributed by atoms with Gasteiger partial charge in [0.15, 0.2) is 5.76 Å². The van der Waals surface area contributed by atoms with E-state index in [1.54, 1.807) is 19.1 Å². The molecule has 2 amide bonds. The highest BCUT2D eigenvalue weighted by atomic mass is 32.1. The van der Waals surface area contributed by atoms with Crippen LogP contribution in [0.25, 0.3) is 11.6 Å². The van der Waals surface area contributed by atoms with Crippen LogP contribution < -0.4 is 10.2 Å². The molecule has 186 valence electrons. The second-order valence-electron chi connectivity index (χ2n) is 8.70. The fraction of sp³-hybridized carbons (Fsp3) is 0.320. The number of nitrogens with one attached hydrogen (secondary N) is 1. The van der Waals surface area contributed by atoms with E-state index in [-0.39, 0.29) is 24.3 Å². The summed E-state index contributed by atoms with van der Waals surface area (Å²) in [6.45, 7) is 1.53. The number of aryl methyl sites for hydroxylation is 1. The first-order valence-electron chi connectivity index (χ1n) is 11.7. The first-order chi connectivity index (χ1) is 17.5. The number of hydrogen-bond donors (Lipinski definition) is 1. The van der Waals surface area contributed by atoms with E-state index in [2.05, 4.69) is 20.7 Å². The van der Waals surface area contributed by atoms with Crippen LogP contribution in [-0.4, -0.2) is 38.1 Å². The van der Waals surface area contributed by atoms with Gasteiger partial charge in [0.1, 0.15) is 24.2 Å². The van der Waals surface area contributed by atoms with Crippen LogP contribution in [0.3, 0.4) is 0 Å². The maximum absolute atomic E-state index is 13.7. The molecule has 0 bridgehead atoms. The van der Waals surface area contributed by atoms with Crippen LogP contribution in [0, 0.1) is 12.7 Å². The van der Waals surface area contributed by atoms with Gasteiger partial charge in [0.2, 0.25) is 11.7 Å². The van der Waals surface area contributed by atoms with Crippen molar-refractivity contribution in [2.45, 2.75) is 51.2 Å². The molecular formula is C25H25FN6O3S. The Labute approximate surface area is 210 Å². The first kappa shape index (κ1) is 23.9. The molecule has 4 aromatic rings. The topological polar surface area (TPSA) is 106 Å². The molecule has 0 aliphatic heterocycles. The fourth-order valence-corrected chi connectivity index (χ4v) is 5.18. The number of furan rings is 1. The first-order valence-corrected chi connectivity index (χ1v) is 12.6. The van der Waals surface area contributed by atoms with Crippen molar-refractivity contribution in [3.8, 4) is 11.6 Å². The van der Waals surface area contributed by atoms with Crippen molar-refractivity contribution >= 4 is 28.8 Å². The van der Waals surface area contributed by atoms with E-state index in [1.807, 2.05) is 17.5 Å². The Balaban J connectivity index is 1.47. The summed E-state index contributed by atoms with van der Waals surface area (Å²) < 4.78 is 19.3. The van der Waals surface area contributed by atoms with Crippen molar-refractivity contribution in [1.82, 2.24) is 25.5 Å². The molecule has 1 aromatic carbocycles. The maximum atomic E-state index is 13.7. The monoisotopic (exact) mass is 508 g/mol. The lowest BCUT2D eigenvalue weighted by molar-refractivity contribution is -0.127. The summed E-state index contributed by atoms with van der Waals surface area (Å²) in [5.74, 6) is 0.228. The number of benzene rings is 1. The van der Waals surface area contributed by atoms with E-state index in [0.717, 1.165) is 30.5 Å². The Hall–Kier alpha value is -3.86. The van der Waals surface area contributed by atoms with Gasteiger partial charge in [-0.25, -0.2) is 4.39 Å². The molecule has 1 aliphatic rings. The third-order valence-corrected chi connectivity index (χ3v) is 7.01. The average molecular weight is 509 g/mol. The second kappa shape index (κ2) is 10.4. The van der Waals surface area contributed by atoms with E-state index in [1.165, 1.54) is 40.5 Å². The zero-order valence-corrected chi connectivity index (χ0v) is 20.4. The number of halogens is 1. The van der Waals surface area contributed by atoms with E-state index in [0.29, 0.717) is 22.1 Å². The Bertz CT molecular complexity index is 1330. The molecule has 1 saturated carbocycles. The van der Waals surface area contributed by atoms with Crippen LogP contribution >= 0.6 is 11.3 Å². The van der Waals surface area contributed by atoms with Gasteiger partial charge in [0, 0.05) is 16.6 Å². The molecule has 1 N–H and O–H groups in total. The number of carbonyl (C=O) groups excluding carboxylic acids is 2. The number of carbonyl (C=O) groups is 2. The molecule has 1 atom stereocenters. The highest BCUT2D eigenvalue weighted by molar-refractivity contribution is 7.10. The summed E-state index contributed by atoms with van der Waals surface area (Å²) in [5, 5.41) is 17.2. The third kappa shape index (κ3) is 5.20. The number of anilines is 1. The van der Waals surface area contributed by atoms with Gasteiger partial charge < -0.3 is 9.73 Å². The summed E-state index contributed by atoms with van der Waals surface area (Å²) in [4.78, 5) is 30.6. The zero-order valence-electron chi connectivity index (χ0n) is 19.6. The van der Waals surface area contributed by atoms with Crippen molar-refractivity contribution in [1.29, 1.82) is 0 Å². The van der Waals surface area contributed by atoms with E-state index < -0.39 is 17.8 Å². The normalized spacial score (nSPS) is 14.6. The van der Waals surface area contributed by atoms with Crippen LogP contribution in [0.4, 0.5) is 10.1 Å². The molecule has 0 unspecified atom stereocenters. The van der Waals surface area contributed by atoms with Crippen molar-refractivity contribution < 1.29 is 18.4 Å². The molecule has 9 nitrogen and oxygen atoms in total. The van der Waals surface area contributed by atoms with Crippen LogP contribution in [-0.2, 0) is 16.1 Å². The minimum atomic E-state index is -0.931. The Morgan fingerprint density at radius 3 is 2.64 bits per heavy atom. The molecule has 3 heterocycles. The predicted molar refractivity (Wildman–Crippen MR) is 132 cm³/mol. The standard InChI is InChI=1S/C25H25FN6O3S/c1-16-8-13-20(35-16)24-28-30-31(29-24)15-22(33)32(19-11-9-17(26)10-12-19)23(21-7-4-14-36-21)25(34)27-18-5-2-3-6-18/h4,7-14,18,23H,2-3,5-6,15H2,1H3,(H,27,34)/t23-/m0/s1. The molecule has 11 heteroatoms. The number of hydrogen-bond acceptors (Lipinski definition) is 7. The number of thiophene rings is 1. The summed E-state index contributed by atoms with van der Waals surface area (Å²) in [6, 6.07) is 11.8. The van der Waals surface area contributed by atoms with E-state index in [4.69, 9.17) is 4.42 Å². The van der Waals surface area contributed by atoms with Crippen molar-refractivity contribution in [2.75, 3.05) is 4.90 Å². The minimum absolute atomic E-state index is 0.0708. The molecule has 0 spiro atoms. The van der Waals surface area contributed by atoms with Gasteiger partial charge in [-0.3, -0.25) is 14.5 Å². The molecule has 5 rings (SSSR count). The van der Waals surface area contributed by atoms with Gasteiger partial charge in [-0.1, -0.05) is 18.9 Å². The number of nitrogens with zero attached hydrogens (tertiary/aromatic N) is 5. The van der Waals surface area contributed by atoms with Crippen LogP contribution in [0.2, 0.25) is 0 Å². The van der Waals surface area contributed by atoms with Gasteiger partial charge in [-0.05, 0) is 72.8 Å². The lowest BCUT2D eigenvalue weighted by atomic mass is 10.1. The summed E-state index contributed by atoms with van der Waals surface area (Å²) in [5.41, 5.74) is 0.392. The highest BCUT2D eigenvalue weighted by Crippen LogP contribution is 2.32. The smallest absolute Gasteiger partial charge is 0.251 e. The summed E-state index contributed by atoms with van der Waals surface area (Å²) in [6.07, 6.45) is 3.94. The summed E-state index contributed by atoms with van der Waals surface area (Å²) >= 11 is 1.38. The molecule has 0 saturated heterocycles. The molecule has 1 aliphatic carbocycles. The lowest BCUT2D eigenvalue weighted by Crippen LogP contribution is -2.47. The average Bonchev–Trinajstić information content (AvgIpc) is 3.66. The largest absolute Gasteiger partial charge is 0.458 e. The predicted octanol–water partition coefficient (Wildman–Crippen LogP) is 4.28. The summed E-state index contributed by atoms with van der Waals surface area (Å²) in [7, 11) is 0. The molecule has 36 heavy (non-hydrogen) atoms. The maximum Gasteiger partial charge on any atom is 0.251 e.